The van der Waals surface area contributed by atoms with Crippen LogP contribution < -0.4 is 0 Å². The van der Waals surface area contributed by atoms with Crippen molar-refractivity contribution in [3.05, 3.63) is 23.0 Å². The highest BCUT2D eigenvalue weighted by atomic mass is 16.5. The van der Waals surface area contributed by atoms with E-state index in [2.05, 4.69) is 10.2 Å². The minimum Gasteiger partial charge on any atom is -0.378 e. The topological polar surface area (TPSA) is 55.3 Å². The lowest BCUT2D eigenvalue weighted by molar-refractivity contribution is 0.0301. The van der Waals surface area contributed by atoms with Crippen molar-refractivity contribution in [2.75, 3.05) is 26.3 Å². The van der Waals surface area contributed by atoms with E-state index in [1.807, 2.05) is 24.8 Å². The number of morpholine rings is 1. The first kappa shape index (κ1) is 12.0. The van der Waals surface area contributed by atoms with Gasteiger partial charge in [0.2, 0.25) is 0 Å². The molecule has 1 aromatic heterocycles. The molecule has 1 saturated heterocycles. The lowest BCUT2D eigenvalue weighted by Gasteiger charge is -2.27. The Morgan fingerprint density at radius 1 is 1.41 bits per heavy atom. The Kier molecular flexibility index (Phi) is 3.68. The van der Waals surface area contributed by atoms with Gasteiger partial charge in [0.1, 0.15) is 0 Å². The number of nitrogens with zero attached hydrogens (tertiary/aromatic N) is 3. The minimum absolute atomic E-state index is 0.0446. The van der Waals surface area contributed by atoms with E-state index in [9.17, 15) is 4.79 Å². The molecule has 0 aromatic carbocycles. The molecule has 0 N–H and O–H groups in total. The number of hydrogen-bond donors (Lipinski definition) is 0. The smallest absolute Gasteiger partial charge is 0.256 e. The molecule has 0 aliphatic carbocycles. The lowest BCUT2D eigenvalue weighted by atomic mass is 10.1. The zero-order chi connectivity index (χ0) is 12.3. The maximum atomic E-state index is 12.3. The molecule has 1 fully saturated rings. The van der Waals surface area contributed by atoms with Gasteiger partial charge in [0.15, 0.2) is 0 Å². The summed E-state index contributed by atoms with van der Waals surface area (Å²) in [5.41, 5.74) is 2.23. The molecule has 2 rings (SSSR count). The molecule has 0 radical (unpaired) electrons. The fourth-order valence-corrected chi connectivity index (χ4v) is 1.90. The largest absolute Gasteiger partial charge is 0.378 e. The third-order valence-corrected chi connectivity index (χ3v) is 2.86. The number of carbonyl (C=O) groups excluding carboxylic acids is 1. The van der Waals surface area contributed by atoms with Gasteiger partial charge in [-0.2, -0.15) is 10.2 Å². The zero-order valence-corrected chi connectivity index (χ0v) is 10.3. The van der Waals surface area contributed by atoms with Gasteiger partial charge in [-0.3, -0.25) is 4.79 Å². The third-order valence-electron chi connectivity index (χ3n) is 2.86. The van der Waals surface area contributed by atoms with Crippen LogP contribution in [-0.4, -0.2) is 47.3 Å². The van der Waals surface area contributed by atoms with Gasteiger partial charge in [0.25, 0.3) is 5.91 Å². The summed E-state index contributed by atoms with van der Waals surface area (Å²) in [6, 6.07) is 1.82. The third kappa shape index (κ3) is 2.61. The highest BCUT2D eigenvalue weighted by Gasteiger charge is 2.21. The van der Waals surface area contributed by atoms with Crippen molar-refractivity contribution in [1.29, 1.82) is 0 Å². The summed E-state index contributed by atoms with van der Waals surface area (Å²) in [4.78, 5) is 14.2. The van der Waals surface area contributed by atoms with Crippen LogP contribution in [0.15, 0.2) is 6.07 Å². The second-order valence-corrected chi connectivity index (χ2v) is 4.10. The number of carbonyl (C=O) groups is 1. The van der Waals surface area contributed by atoms with Crippen molar-refractivity contribution in [2.24, 2.45) is 0 Å². The highest BCUT2D eigenvalue weighted by Crippen LogP contribution is 2.12. The van der Waals surface area contributed by atoms with Crippen molar-refractivity contribution in [1.82, 2.24) is 15.1 Å². The second kappa shape index (κ2) is 5.23. The van der Waals surface area contributed by atoms with E-state index in [0.717, 1.165) is 17.8 Å². The predicted octanol–water partition coefficient (Wildman–Crippen LogP) is 0.820. The van der Waals surface area contributed by atoms with Gasteiger partial charge >= 0.3 is 0 Å². The number of rotatable bonds is 2. The fraction of sp³-hybridized carbons (Fsp3) is 0.583. The van der Waals surface area contributed by atoms with E-state index < -0.39 is 0 Å². The molecule has 2 heterocycles. The molecular weight excluding hydrogens is 218 g/mol. The monoisotopic (exact) mass is 235 g/mol. The van der Waals surface area contributed by atoms with Gasteiger partial charge in [-0.05, 0) is 19.4 Å². The van der Waals surface area contributed by atoms with E-state index in [0.29, 0.717) is 31.9 Å². The summed E-state index contributed by atoms with van der Waals surface area (Å²) in [5.74, 6) is 0.0446. The SMILES string of the molecule is CCc1nnc(C)cc1C(=O)N1CCOCC1. The van der Waals surface area contributed by atoms with Gasteiger partial charge in [-0.15, -0.1) is 0 Å². The van der Waals surface area contributed by atoms with Gasteiger partial charge in [0.05, 0.1) is 30.2 Å². The Morgan fingerprint density at radius 2 is 2.12 bits per heavy atom. The number of aromatic nitrogens is 2. The van der Waals surface area contributed by atoms with Crippen LogP contribution in [0, 0.1) is 6.92 Å². The van der Waals surface area contributed by atoms with Crippen LogP contribution in [0.4, 0.5) is 0 Å². The Labute approximate surface area is 101 Å². The van der Waals surface area contributed by atoms with Crippen molar-refractivity contribution >= 4 is 5.91 Å². The Hall–Kier alpha value is -1.49. The van der Waals surface area contributed by atoms with Crippen LogP contribution in [0.1, 0.15) is 28.7 Å². The lowest BCUT2D eigenvalue weighted by Crippen LogP contribution is -2.41. The van der Waals surface area contributed by atoms with Crippen molar-refractivity contribution < 1.29 is 9.53 Å². The molecule has 0 bridgehead atoms. The molecule has 1 aliphatic rings. The molecule has 0 saturated carbocycles. The molecule has 1 aliphatic heterocycles. The number of amides is 1. The molecule has 0 spiro atoms. The molecule has 0 unspecified atom stereocenters. The summed E-state index contributed by atoms with van der Waals surface area (Å²) in [5, 5.41) is 8.08. The Morgan fingerprint density at radius 3 is 2.76 bits per heavy atom. The van der Waals surface area contributed by atoms with E-state index >= 15 is 0 Å². The normalized spacial score (nSPS) is 16.0. The molecule has 1 amide bonds. The van der Waals surface area contributed by atoms with Gasteiger partial charge < -0.3 is 9.64 Å². The van der Waals surface area contributed by atoms with Crippen LogP contribution >= 0.6 is 0 Å². The molecular formula is C12H17N3O2. The van der Waals surface area contributed by atoms with E-state index in [4.69, 9.17) is 4.74 Å². The maximum absolute atomic E-state index is 12.3. The second-order valence-electron chi connectivity index (χ2n) is 4.10. The van der Waals surface area contributed by atoms with E-state index in [-0.39, 0.29) is 5.91 Å². The molecule has 1 aromatic rings. The Balaban J connectivity index is 2.25. The molecule has 5 heteroatoms. The molecule has 0 atom stereocenters. The first-order valence-electron chi connectivity index (χ1n) is 5.92. The number of aryl methyl sites for hydroxylation is 2. The van der Waals surface area contributed by atoms with Crippen molar-refractivity contribution in [3.63, 3.8) is 0 Å². The first-order valence-corrected chi connectivity index (χ1v) is 5.92. The summed E-state index contributed by atoms with van der Waals surface area (Å²) >= 11 is 0. The Bertz CT molecular complexity index is 414. The summed E-state index contributed by atoms with van der Waals surface area (Å²) in [7, 11) is 0. The van der Waals surface area contributed by atoms with Gasteiger partial charge in [0, 0.05) is 13.1 Å². The molecule has 5 nitrogen and oxygen atoms in total. The highest BCUT2D eigenvalue weighted by molar-refractivity contribution is 5.95. The van der Waals surface area contributed by atoms with Gasteiger partial charge in [-0.1, -0.05) is 6.92 Å². The first-order chi connectivity index (χ1) is 8.22. The minimum atomic E-state index is 0.0446. The van der Waals surface area contributed by atoms with Crippen molar-refractivity contribution in [2.45, 2.75) is 20.3 Å². The predicted molar refractivity (Wildman–Crippen MR) is 62.9 cm³/mol. The average Bonchev–Trinajstić information content (AvgIpc) is 2.39. The zero-order valence-electron chi connectivity index (χ0n) is 10.3. The van der Waals surface area contributed by atoms with E-state index in [1.54, 1.807) is 0 Å². The van der Waals surface area contributed by atoms with Crippen molar-refractivity contribution in [3.8, 4) is 0 Å². The standard InChI is InChI=1S/C12H17N3O2/c1-3-11-10(8-9(2)13-14-11)12(16)15-4-6-17-7-5-15/h8H,3-7H2,1-2H3. The van der Waals surface area contributed by atoms with Crippen LogP contribution in [-0.2, 0) is 11.2 Å². The molecule has 17 heavy (non-hydrogen) atoms. The summed E-state index contributed by atoms with van der Waals surface area (Å²) in [6.45, 7) is 6.38. The fourth-order valence-electron chi connectivity index (χ4n) is 1.90. The summed E-state index contributed by atoms with van der Waals surface area (Å²) < 4.78 is 5.24. The average molecular weight is 235 g/mol. The number of ether oxygens (including phenoxy) is 1. The summed E-state index contributed by atoms with van der Waals surface area (Å²) in [6.07, 6.45) is 0.721. The van der Waals surface area contributed by atoms with Crippen LogP contribution in [0.25, 0.3) is 0 Å². The van der Waals surface area contributed by atoms with Gasteiger partial charge in [-0.25, -0.2) is 0 Å². The van der Waals surface area contributed by atoms with E-state index in [1.165, 1.54) is 0 Å². The molecule has 92 valence electrons. The van der Waals surface area contributed by atoms with Crippen LogP contribution in [0.5, 0.6) is 0 Å². The van der Waals surface area contributed by atoms with Crippen LogP contribution in [0.3, 0.4) is 0 Å². The number of hydrogen-bond acceptors (Lipinski definition) is 4. The quantitative estimate of drug-likeness (QED) is 0.761. The van der Waals surface area contributed by atoms with Crippen LogP contribution in [0.2, 0.25) is 0 Å². The maximum Gasteiger partial charge on any atom is 0.256 e.